The minimum absolute atomic E-state index is 0.0826. The monoisotopic (exact) mass is 458 g/mol. The maximum atomic E-state index is 13.4. The zero-order valence-corrected chi connectivity index (χ0v) is 18.2. The van der Waals surface area contributed by atoms with Gasteiger partial charge in [0, 0.05) is 31.9 Å². The Morgan fingerprint density at radius 3 is 2.56 bits per heavy atom. The molecular weight excluding hydrogens is 438 g/mol. The van der Waals surface area contributed by atoms with Gasteiger partial charge in [-0.05, 0) is 31.5 Å². The smallest absolute Gasteiger partial charge is 0.326 e. The predicted octanol–water partition coefficient (Wildman–Crippen LogP) is 3.20. The van der Waals surface area contributed by atoms with Gasteiger partial charge in [0.15, 0.2) is 5.13 Å². The Labute approximate surface area is 186 Å². The molecule has 11 heteroatoms. The van der Waals surface area contributed by atoms with E-state index in [1.807, 2.05) is 6.92 Å². The first kappa shape index (κ1) is 21.8. The fourth-order valence-corrected chi connectivity index (χ4v) is 4.30. The number of urea groups is 1. The topological polar surface area (TPSA) is 91.3 Å². The van der Waals surface area contributed by atoms with Gasteiger partial charge < -0.3 is 10.2 Å². The molecule has 0 radical (unpaired) electrons. The fourth-order valence-electron chi connectivity index (χ4n) is 3.30. The molecule has 1 N–H and O–H groups in total. The molecule has 0 unspecified atom stereocenters. The lowest BCUT2D eigenvalue weighted by molar-refractivity contribution is 0.0953. The number of halogens is 2. The second-order valence-electron chi connectivity index (χ2n) is 7.38. The predicted molar refractivity (Wildman–Crippen MR) is 114 cm³/mol. The summed E-state index contributed by atoms with van der Waals surface area (Å²) >= 11 is 1.12. The van der Waals surface area contributed by atoms with Crippen molar-refractivity contribution in [3.05, 3.63) is 69.7 Å². The van der Waals surface area contributed by atoms with Crippen LogP contribution in [0.15, 0.2) is 30.6 Å². The molecule has 1 fully saturated rings. The minimum Gasteiger partial charge on any atom is -0.346 e. The quantitative estimate of drug-likeness (QED) is 0.613. The van der Waals surface area contributed by atoms with Crippen LogP contribution < -0.4 is 10.2 Å². The zero-order valence-electron chi connectivity index (χ0n) is 17.4. The minimum atomic E-state index is -0.689. The van der Waals surface area contributed by atoms with Crippen molar-refractivity contribution in [1.29, 1.82) is 0 Å². The van der Waals surface area contributed by atoms with Crippen molar-refractivity contribution < 1.29 is 18.4 Å². The van der Waals surface area contributed by atoms with Gasteiger partial charge in [-0.2, -0.15) is 0 Å². The van der Waals surface area contributed by atoms with Crippen LogP contribution in [-0.4, -0.2) is 44.9 Å². The number of rotatable bonds is 6. The van der Waals surface area contributed by atoms with E-state index >= 15 is 0 Å². The molecular formula is C21H20F2N6O2S. The average Bonchev–Trinajstić information content (AvgIpc) is 3.29. The molecule has 32 heavy (non-hydrogen) atoms. The van der Waals surface area contributed by atoms with Crippen LogP contribution in [0.4, 0.5) is 18.7 Å². The third-order valence-corrected chi connectivity index (χ3v) is 6.06. The largest absolute Gasteiger partial charge is 0.346 e. The van der Waals surface area contributed by atoms with Crippen LogP contribution in [0.3, 0.4) is 0 Å². The number of thiazole rings is 1. The van der Waals surface area contributed by atoms with Gasteiger partial charge in [-0.3, -0.25) is 19.7 Å². The van der Waals surface area contributed by atoms with Gasteiger partial charge in [-0.1, -0.05) is 11.3 Å². The van der Waals surface area contributed by atoms with E-state index in [4.69, 9.17) is 0 Å². The van der Waals surface area contributed by atoms with E-state index in [0.29, 0.717) is 40.0 Å². The van der Waals surface area contributed by atoms with Gasteiger partial charge in [0.05, 0.1) is 29.8 Å². The molecule has 166 valence electrons. The van der Waals surface area contributed by atoms with E-state index in [-0.39, 0.29) is 25.0 Å². The Balaban J connectivity index is 1.42. The van der Waals surface area contributed by atoms with E-state index in [0.717, 1.165) is 23.1 Å². The number of carbonyl (C=O) groups excluding carboxylic acids is 2. The Bertz CT molecular complexity index is 1150. The summed E-state index contributed by atoms with van der Waals surface area (Å²) < 4.78 is 26.9. The van der Waals surface area contributed by atoms with Gasteiger partial charge >= 0.3 is 6.03 Å². The number of nitrogens with one attached hydrogen (secondary N) is 1. The van der Waals surface area contributed by atoms with E-state index in [2.05, 4.69) is 20.3 Å². The first-order valence-corrected chi connectivity index (χ1v) is 10.7. The summed E-state index contributed by atoms with van der Waals surface area (Å²) in [6.45, 7) is 4.58. The van der Waals surface area contributed by atoms with Crippen molar-refractivity contribution in [3.63, 3.8) is 0 Å². The van der Waals surface area contributed by atoms with Crippen LogP contribution in [0.1, 0.15) is 32.3 Å². The van der Waals surface area contributed by atoms with Gasteiger partial charge in [-0.15, -0.1) is 0 Å². The van der Waals surface area contributed by atoms with Crippen LogP contribution in [-0.2, 0) is 13.1 Å². The normalized spacial score (nSPS) is 13.7. The number of hydrogen-bond donors (Lipinski definition) is 1. The molecule has 1 saturated heterocycles. The van der Waals surface area contributed by atoms with E-state index in [9.17, 15) is 18.4 Å². The Morgan fingerprint density at radius 1 is 1.12 bits per heavy atom. The highest BCUT2D eigenvalue weighted by atomic mass is 32.1. The SMILES string of the molecule is Cc1cnc(CNC(=O)c2sc(N3CCN(Cc4cc(F)cc(F)c4)C3=O)nc2C)cn1. The number of hydrogen-bond acceptors (Lipinski definition) is 6. The number of benzene rings is 1. The Morgan fingerprint density at radius 2 is 1.88 bits per heavy atom. The lowest BCUT2D eigenvalue weighted by atomic mass is 10.2. The molecule has 3 heterocycles. The fraction of sp³-hybridized carbons (Fsp3) is 0.286. The summed E-state index contributed by atoms with van der Waals surface area (Å²) in [5, 5.41) is 3.19. The number of anilines is 1. The highest BCUT2D eigenvalue weighted by Crippen LogP contribution is 2.29. The zero-order chi connectivity index (χ0) is 22.8. The first-order chi connectivity index (χ1) is 15.3. The van der Waals surface area contributed by atoms with Crippen LogP contribution in [0.25, 0.3) is 0 Å². The molecule has 1 aromatic carbocycles. The van der Waals surface area contributed by atoms with Gasteiger partial charge in [0.25, 0.3) is 5.91 Å². The molecule has 0 aliphatic carbocycles. The van der Waals surface area contributed by atoms with E-state index in [1.54, 1.807) is 19.3 Å². The van der Waals surface area contributed by atoms with Gasteiger partial charge in [-0.25, -0.2) is 18.6 Å². The van der Waals surface area contributed by atoms with Crippen molar-refractivity contribution in [2.45, 2.75) is 26.9 Å². The lowest BCUT2D eigenvalue weighted by Crippen LogP contribution is -2.31. The molecule has 3 amide bonds. The van der Waals surface area contributed by atoms with E-state index in [1.165, 1.54) is 21.9 Å². The van der Waals surface area contributed by atoms with Crippen molar-refractivity contribution >= 4 is 28.4 Å². The molecule has 0 spiro atoms. The molecule has 0 bridgehead atoms. The van der Waals surface area contributed by atoms with Gasteiger partial charge in [0.1, 0.15) is 16.5 Å². The first-order valence-electron chi connectivity index (χ1n) is 9.84. The van der Waals surface area contributed by atoms with Crippen LogP contribution >= 0.6 is 11.3 Å². The van der Waals surface area contributed by atoms with Crippen LogP contribution in [0.5, 0.6) is 0 Å². The number of amides is 3. The van der Waals surface area contributed by atoms with Crippen molar-refractivity contribution in [2.75, 3.05) is 18.0 Å². The standard InChI is InChI=1S/C21H20F2N6O2S/c1-12-8-25-17(9-24-12)10-26-19(30)18-13(2)27-20(32-18)29-4-3-28(21(29)31)11-14-5-15(22)7-16(23)6-14/h5-9H,3-4,10-11H2,1-2H3,(H,26,30). The summed E-state index contributed by atoms with van der Waals surface area (Å²) in [6, 6.07) is 2.86. The highest BCUT2D eigenvalue weighted by Gasteiger charge is 2.32. The van der Waals surface area contributed by atoms with E-state index < -0.39 is 11.6 Å². The molecule has 0 atom stereocenters. The number of nitrogens with zero attached hydrogens (tertiary/aromatic N) is 5. The third-order valence-electron chi connectivity index (χ3n) is 4.88. The number of aryl methyl sites for hydroxylation is 2. The Kier molecular flexibility index (Phi) is 6.08. The second-order valence-corrected chi connectivity index (χ2v) is 8.35. The molecule has 4 rings (SSSR count). The lowest BCUT2D eigenvalue weighted by Gasteiger charge is -2.17. The molecule has 3 aromatic rings. The maximum absolute atomic E-state index is 13.4. The molecule has 1 aliphatic rings. The molecule has 1 aliphatic heterocycles. The highest BCUT2D eigenvalue weighted by molar-refractivity contribution is 7.17. The van der Waals surface area contributed by atoms with Crippen molar-refractivity contribution in [3.8, 4) is 0 Å². The molecule has 0 saturated carbocycles. The number of carbonyl (C=O) groups is 2. The van der Waals surface area contributed by atoms with Crippen LogP contribution in [0, 0.1) is 25.5 Å². The van der Waals surface area contributed by atoms with Crippen molar-refractivity contribution in [1.82, 2.24) is 25.2 Å². The second kappa shape index (κ2) is 8.95. The Hall–Kier alpha value is -3.47. The molecule has 8 nitrogen and oxygen atoms in total. The maximum Gasteiger partial charge on any atom is 0.326 e. The third kappa shape index (κ3) is 4.72. The summed E-state index contributed by atoms with van der Waals surface area (Å²) in [5.74, 6) is -1.69. The number of aromatic nitrogens is 3. The summed E-state index contributed by atoms with van der Waals surface area (Å²) in [7, 11) is 0. The van der Waals surface area contributed by atoms with Gasteiger partial charge in [0.2, 0.25) is 0 Å². The average molecular weight is 458 g/mol. The summed E-state index contributed by atoms with van der Waals surface area (Å²) in [4.78, 5) is 41.5. The van der Waals surface area contributed by atoms with Crippen molar-refractivity contribution in [2.24, 2.45) is 0 Å². The molecule has 2 aromatic heterocycles. The summed E-state index contributed by atoms with van der Waals surface area (Å²) in [6.07, 6.45) is 3.23. The summed E-state index contributed by atoms with van der Waals surface area (Å²) in [5.41, 5.74) is 2.29. The van der Waals surface area contributed by atoms with Crippen LogP contribution in [0.2, 0.25) is 0 Å².